The van der Waals surface area contributed by atoms with Gasteiger partial charge in [-0.2, -0.15) is 0 Å². The van der Waals surface area contributed by atoms with E-state index in [2.05, 4.69) is 39.9 Å². The van der Waals surface area contributed by atoms with E-state index in [9.17, 15) is 4.79 Å². The summed E-state index contributed by atoms with van der Waals surface area (Å²) in [6.07, 6.45) is 6.15. The molecule has 2 aromatic carbocycles. The molecule has 5 nitrogen and oxygen atoms in total. The van der Waals surface area contributed by atoms with Crippen molar-refractivity contribution < 1.29 is 9.53 Å². The quantitative estimate of drug-likeness (QED) is 0.177. The van der Waals surface area contributed by atoms with Crippen molar-refractivity contribution in [3.05, 3.63) is 90.6 Å². The fraction of sp³-hybridized carbons (Fsp3) is 0.267. The van der Waals surface area contributed by atoms with Crippen LogP contribution in [0.1, 0.15) is 46.6 Å². The van der Waals surface area contributed by atoms with Crippen molar-refractivity contribution in [2.24, 2.45) is 5.41 Å². The molecule has 0 spiro atoms. The zero-order valence-corrected chi connectivity index (χ0v) is 21.1. The van der Waals surface area contributed by atoms with Crippen molar-refractivity contribution >= 4 is 23.5 Å². The molecule has 0 aliphatic rings. The molecule has 0 saturated heterocycles. The molecule has 0 radical (unpaired) electrons. The minimum atomic E-state index is -0.437. The van der Waals surface area contributed by atoms with Crippen LogP contribution in [0.4, 0.5) is 5.82 Å². The van der Waals surface area contributed by atoms with Crippen LogP contribution in [0.25, 0.3) is 23.0 Å². The number of nitrogens with one attached hydrogen (secondary N) is 1. The van der Waals surface area contributed by atoms with Crippen molar-refractivity contribution in [2.45, 2.75) is 46.6 Å². The van der Waals surface area contributed by atoms with Crippen LogP contribution in [0.2, 0.25) is 0 Å². The highest BCUT2D eigenvalue weighted by Gasteiger charge is 2.28. The van der Waals surface area contributed by atoms with E-state index in [0.717, 1.165) is 34.7 Å². The van der Waals surface area contributed by atoms with E-state index in [1.165, 1.54) is 6.08 Å². The van der Waals surface area contributed by atoms with Crippen LogP contribution < -0.4 is 10.1 Å². The number of imidazole rings is 1. The van der Waals surface area contributed by atoms with Gasteiger partial charge in [0.25, 0.3) is 0 Å². The maximum Gasteiger partial charge on any atom is 0.336 e. The van der Waals surface area contributed by atoms with Crippen LogP contribution >= 0.6 is 0 Å². The number of fused-ring (bicyclic) bond motifs is 1. The summed E-state index contributed by atoms with van der Waals surface area (Å²) >= 11 is 0. The van der Waals surface area contributed by atoms with Crippen LogP contribution in [-0.4, -0.2) is 20.9 Å². The maximum absolute atomic E-state index is 12.7. The van der Waals surface area contributed by atoms with Gasteiger partial charge in [-0.05, 0) is 61.6 Å². The topological polar surface area (TPSA) is 55.6 Å². The standard InChI is InChI=1S/C30H33N3O2/c1-29(2,3)21-30(4,5)32-28-27(31-25-17-11-12-20-33(25)28)23-15-9-10-16-24(23)35-26(34)19-18-22-13-7-6-8-14-22/h6-20,32H,21H2,1-5H3/b19-18+. The molecule has 0 bridgehead atoms. The first-order valence-electron chi connectivity index (χ1n) is 11.9. The molecule has 2 aromatic heterocycles. The number of esters is 1. The summed E-state index contributed by atoms with van der Waals surface area (Å²) in [5.41, 5.74) is 3.21. The Bertz CT molecular complexity index is 1350. The highest BCUT2D eigenvalue weighted by Crippen LogP contribution is 2.38. The van der Waals surface area contributed by atoms with Crippen molar-refractivity contribution in [2.75, 3.05) is 5.32 Å². The molecule has 2 heterocycles. The predicted octanol–water partition coefficient (Wildman–Crippen LogP) is 7.25. The Balaban J connectivity index is 1.70. The molecular weight excluding hydrogens is 434 g/mol. The molecular formula is C30H33N3O2. The lowest BCUT2D eigenvalue weighted by molar-refractivity contribution is -0.128. The molecule has 0 fully saturated rings. The number of rotatable bonds is 7. The second kappa shape index (κ2) is 9.79. The molecule has 5 heteroatoms. The Hall–Kier alpha value is -3.86. The number of pyridine rings is 1. The lowest BCUT2D eigenvalue weighted by atomic mass is 9.82. The monoisotopic (exact) mass is 467 g/mol. The molecule has 35 heavy (non-hydrogen) atoms. The van der Waals surface area contributed by atoms with Gasteiger partial charge >= 0.3 is 5.97 Å². The van der Waals surface area contributed by atoms with Gasteiger partial charge in [-0.1, -0.05) is 69.3 Å². The summed E-state index contributed by atoms with van der Waals surface area (Å²) < 4.78 is 7.83. The zero-order chi connectivity index (χ0) is 25.1. The normalized spacial score (nSPS) is 12.3. The number of aromatic nitrogens is 2. The fourth-order valence-electron chi connectivity index (χ4n) is 4.62. The minimum absolute atomic E-state index is 0.148. The number of anilines is 1. The first kappa shape index (κ1) is 24.3. The third-order valence-corrected chi connectivity index (χ3v) is 5.52. The van der Waals surface area contributed by atoms with Crippen LogP contribution in [0.15, 0.2) is 85.1 Å². The summed E-state index contributed by atoms with van der Waals surface area (Å²) in [5.74, 6) is 0.904. The largest absolute Gasteiger partial charge is 0.423 e. The molecule has 0 atom stereocenters. The van der Waals surface area contributed by atoms with Crippen molar-refractivity contribution in [1.82, 2.24) is 9.38 Å². The smallest absolute Gasteiger partial charge is 0.336 e. The van der Waals surface area contributed by atoms with E-state index in [0.29, 0.717) is 5.75 Å². The second-order valence-corrected chi connectivity index (χ2v) is 10.6. The number of ether oxygens (including phenoxy) is 1. The lowest BCUT2D eigenvalue weighted by Gasteiger charge is -2.34. The van der Waals surface area contributed by atoms with E-state index in [-0.39, 0.29) is 11.0 Å². The van der Waals surface area contributed by atoms with E-state index in [1.54, 1.807) is 12.1 Å². The number of nitrogens with zero attached hydrogens (tertiary/aromatic N) is 2. The molecule has 4 aromatic rings. The van der Waals surface area contributed by atoms with E-state index in [1.807, 2.05) is 77.3 Å². The Morgan fingerprint density at radius 2 is 1.63 bits per heavy atom. The van der Waals surface area contributed by atoms with E-state index in [4.69, 9.17) is 9.72 Å². The van der Waals surface area contributed by atoms with Crippen molar-refractivity contribution in [3.63, 3.8) is 0 Å². The zero-order valence-electron chi connectivity index (χ0n) is 21.1. The van der Waals surface area contributed by atoms with Gasteiger partial charge in [0.2, 0.25) is 0 Å². The Kier molecular flexibility index (Phi) is 6.79. The Morgan fingerprint density at radius 3 is 2.37 bits per heavy atom. The highest BCUT2D eigenvalue weighted by molar-refractivity contribution is 5.90. The molecule has 180 valence electrons. The number of hydrogen-bond donors (Lipinski definition) is 1. The first-order valence-corrected chi connectivity index (χ1v) is 11.9. The summed E-state index contributed by atoms with van der Waals surface area (Å²) in [6.45, 7) is 11.1. The molecule has 1 N–H and O–H groups in total. The van der Waals surface area contributed by atoms with Crippen LogP contribution in [0.3, 0.4) is 0 Å². The minimum Gasteiger partial charge on any atom is -0.423 e. The van der Waals surface area contributed by atoms with Crippen LogP contribution in [0.5, 0.6) is 5.75 Å². The van der Waals surface area contributed by atoms with Gasteiger partial charge in [0.1, 0.15) is 22.9 Å². The molecule has 0 aliphatic carbocycles. The van der Waals surface area contributed by atoms with Crippen LogP contribution in [0, 0.1) is 5.41 Å². The molecule has 0 unspecified atom stereocenters. The second-order valence-electron chi connectivity index (χ2n) is 10.6. The SMILES string of the molecule is CC(C)(C)CC(C)(C)Nc1c(-c2ccccc2OC(=O)/C=C/c2ccccc2)nc2ccccn12. The summed E-state index contributed by atoms with van der Waals surface area (Å²) in [6, 6.07) is 23.1. The highest BCUT2D eigenvalue weighted by atomic mass is 16.5. The van der Waals surface area contributed by atoms with Crippen molar-refractivity contribution in [1.29, 1.82) is 0 Å². The van der Waals surface area contributed by atoms with Gasteiger partial charge in [-0.25, -0.2) is 9.78 Å². The number of carbonyl (C=O) groups excluding carboxylic acids is 1. The van der Waals surface area contributed by atoms with Gasteiger partial charge in [-0.3, -0.25) is 4.40 Å². The van der Waals surface area contributed by atoms with Crippen molar-refractivity contribution in [3.8, 4) is 17.0 Å². The summed E-state index contributed by atoms with van der Waals surface area (Å²) in [4.78, 5) is 17.6. The fourth-order valence-corrected chi connectivity index (χ4v) is 4.62. The molecule has 0 amide bonds. The number of hydrogen-bond acceptors (Lipinski definition) is 4. The number of para-hydroxylation sites is 1. The Morgan fingerprint density at radius 1 is 0.943 bits per heavy atom. The Labute approximate surface area is 207 Å². The van der Waals surface area contributed by atoms with Gasteiger partial charge in [0, 0.05) is 23.4 Å². The van der Waals surface area contributed by atoms with E-state index < -0.39 is 5.97 Å². The molecule has 4 rings (SSSR count). The molecule has 0 aliphatic heterocycles. The third kappa shape index (κ3) is 6.18. The summed E-state index contributed by atoms with van der Waals surface area (Å²) in [7, 11) is 0. The van der Waals surface area contributed by atoms with Gasteiger partial charge in [-0.15, -0.1) is 0 Å². The summed E-state index contributed by atoms with van der Waals surface area (Å²) in [5, 5.41) is 3.74. The van der Waals surface area contributed by atoms with E-state index >= 15 is 0 Å². The maximum atomic E-state index is 12.7. The predicted molar refractivity (Wildman–Crippen MR) is 144 cm³/mol. The average Bonchev–Trinajstić information content (AvgIpc) is 3.15. The number of carbonyl (C=O) groups is 1. The average molecular weight is 468 g/mol. The van der Waals surface area contributed by atoms with Gasteiger partial charge in [0.15, 0.2) is 0 Å². The lowest BCUT2D eigenvalue weighted by Crippen LogP contribution is -2.36. The third-order valence-electron chi connectivity index (χ3n) is 5.52. The number of benzene rings is 2. The first-order chi connectivity index (χ1) is 16.6. The van der Waals surface area contributed by atoms with Gasteiger partial charge in [0.05, 0.1) is 0 Å². The van der Waals surface area contributed by atoms with Crippen LogP contribution in [-0.2, 0) is 4.79 Å². The molecule has 0 saturated carbocycles. The van der Waals surface area contributed by atoms with Gasteiger partial charge < -0.3 is 10.1 Å².